The second kappa shape index (κ2) is 4.25. The highest BCUT2D eigenvalue weighted by Gasteiger charge is 2.01. The summed E-state index contributed by atoms with van der Waals surface area (Å²) in [6, 6.07) is 11.9. The molecule has 0 bridgehead atoms. The van der Waals surface area contributed by atoms with Gasteiger partial charge in [-0.3, -0.25) is 0 Å². The standard InChI is InChI=1S/C13H11N3O/c1-2-4-13-11(3-1)6-8-16(13)17-9-12-5-7-14-10-15-12/h1-8,10H,9H2. The van der Waals surface area contributed by atoms with Crippen LogP contribution in [0.3, 0.4) is 0 Å². The summed E-state index contributed by atoms with van der Waals surface area (Å²) in [6.45, 7) is 0.432. The van der Waals surface area contributed by atoms with Gasteiger partial charge in [0.2, 0.25) is 0 Å². The molecule has 84 valence electrons. The molecular formula is C13H11N3O. The van der Waals surface area contributed by atoms with Crippen LogP contribution >= 0.6 is 0 Å². The van der Waals surface area contributed by atoms with Gasteiger partial charge >= 0.3 is 0 Å². The topological polar surface area (TPSA) is 39.9 Å². The number of para-hydroxylation sites is 1. The molecule has 0 N–H and O–H groups in total. The molecule has 0 radical (unpaired) electrons. The highest BCUT2D eigenvalue weighted by Crippen LogP contribution is 2.13. The molecule has 0 amide bonds. The fourth-order valence-corrected chi connectivity index (χ4v) is 1.71. The van der Waals surface area contributed by atoms with E-state index in [0.717, 1.165) is 16.6 Å². The molecule has 17 heavy (non-hydrogen) atoms. The van der Waals surface area contributed by atoms with Gasteiger partial charge in [-0.05, 0) is 18.2 Å². The molecule has 0 saturated carbocycles. The van der Waals surface area contributed by atoms with Gasteiger partial charge in [-0.25, -0.2) is 9.97 Å². The van der Waals surface area contributed by atoms with Crippen molar-refractivity contribution in [3.63, 3.8) is 0 Å². The monoisotopic (exact) mass is 225 g/mol. The van der Waals surface area contributed by atoms with E-state index in [0.29, 0.717) is 6.61 Å². The third-order valence-electron chi connectivity index (χ3n) is 2.56. The number of fused-ring (bicyclic) bond motifs is 1. The normalized spacial score (nSPS) is 10.6. The Morgan fingerprint density at radius 2 is 2.06 bits per heavy atom. The molecule has 1 aromatic carbocycles. The van der Waals surface area contributed by atoms with Crippen molar-refractivity contribution in [3.05, 3.63) is 60.8 Å². The molecule has 0 aliphatic heterocycles. The van der Waals surface area contributed by atoms with E-state index in [4.69, 9.17) is 4.84 Å². The smallest absolute Gasteiger partial charge is 0.157 e. The van der Waals surface area contributed by atoms with Crippen LogP contribution in [0.4, 0.5) is 0 Å². The van der Waals surface area contributed by atoms with Crippen molar-refractivity contribution >= 4 is 10.9 Å². The molecule has 0 fully saturated rings. The van der Waals surface area contributed by atoms with E-state index in [-0.39, 0.29) is 0 Å². The minimum Gasteiger partial charge on any atom is -0.407 e. The second-order valence-electron chi connectivity index (χ2n) is 3.67. The van der Waals surface area contributed by atoms with Crippen LogP contribution in [0.2, 0.25) is 0 Å². The summed E-state index contributed by atoms with van der Waals surface area (Å²) in [5.74, 6) is 0. The Bertz CT molecular complexity index is 619. The van der Waals surface area contributed by atoms with Crippen LogP contribution in [0.25, 0.3) is 10.9 Å². The van der Waals surface area contributed by atoms with E-state index in [1.54, 1.807) is 10.9 Å². The minimum absolute atomic E-state index is 0.432. The van der Waals surface area contributed by atoms with Crippen molar-refractivity contribution in [1.82, 2.24) is 14.7 Å². The quantitative estimate of drug-likeness (QED) is 0.685. The SMILES string of the molecule is c1ccc2c(c1)ccn2OCc1ccncn1. The second-order valence-corrected chi connectivity index (χ2v) is 3.67. The van der Waals surface area contributed by atoms with E-state index >= 15 is 0 Å². The van der Waals surface area contributed by atoms with Crippen molar-refractivity contribution < 1.29 is 4.84 Å². The van der Waals surface area contributed by atoms with Crippen molar-refractivity contribution in [3.8, 4) is 0 Å². The maximum Gasteiger partial charge on any atom is 0.157 e. The summed E-state index contributed by atoms with van der Waals surface area (Å²) in [6.07, 6.45) is 5.14. The third-order valence-corrected chi connectivity index (χ3v) is 2.56. The average Bonchev–Trinajstić information content (AvgIpc) is 2.81. The Hall–Kier alpha value is -2.36. The molecule has 3 aromatic rings. The molecule has 0 atom stereocenters. The molecule has 0 saturated heterocycles. The predicted molar refractivity (Wildman–Crippen MR) is 64.3 cm³/mol. The van der Waals surface area contributed by atoms with Crippen molar-refractivity contribution in [2.45, 2.75) is 6.61 Å². The van der Waals surface area contributed by atoms with E-state index in [1.165, 1.54) is 6.33 Å². The number of aromatic nitrogens is 3. The first kappa shape index (κ1) is 9.84. The lowest BCUT2D eigenvalue weighted by atomic mass is 10.3. The molecular weight excluding hydrogens is 214 g/mol. The molecule has 4 nitrogen and oxygen atoms in total. The zero-order valence-corrected chi connectivity index (χ0v) is 9.15. The Morgan fingerprint density at radius 3 is 2.94 bits per heavy atom. The number of nitrogens with zero attached hydrogens (tertiary/aromatic N) is 3. The van der Waals surface area contributed by atoms with E-state index in [1.807, 2.05) is 36.5 Å². The van der Waals surface area contributed by atoms with Gasteiger partial charge < -0.3 is 4.84 Å². The van der Waals surface area contributed by atoms with Crippen LogP contribution in [0.15, 0.2) is 55.1 Å². The molecule has 0 aliphatic carbocycles. The van der Waals surface area contributed by atoms with Gasteiger partial charge in [0.05, 0.1) is 11.2 Å². The van der Waals surface area contributed by atoms with Crippen LogP contribution in [-0.4, -0.2) is 14.7 Å². The zero-order chi connectivity index (χ0) is 11.5. The first-order valence-corrected chi connectivity index (χ1v) is 5.38. The molecule has 0 aliphatic rings. The Balaban J connectivity index is 1.82. The molecule has 0 unspecified atom stereocenters. The number of rotatable bonds is 3. The van der Waals surface area contributed by atoms with Gasteiger partial charge in [-0.2, -0.15) is 4.73 Å². The summed E-state index contributed by atoms with van der Waals surface area (Å²) < 4.78 is 1.76. The maximum atomic E-state index is 5.67. The molecule has 4 heteroatoms. The first-order chi connectivity index (χ1) is 8.43. The van der Waals surface area contributed by atoms with Crippen molar-refractivity contribution in [2.24, 2.45) is 0 Å². The average molecular weight is 225 g/mol. The van der Waals surface area contributed by atoms with Crippen LogP contribution < -0.4 is 4.84 Å². The van der Waals surface area contributed by atoms with Crippen LogP contribution in [0.5, 0.6) is 0 Å². The van der Waals surface area contributed by atoms with Gasteiger partial charge in [-0.15, -0.1) is 0 Å². The van der Waals surface area contributed by atoms with E-state index in [2.05, 4.69) is 16.0 Å². The summed E-state index contributed by atoms with van der Waals surface area (Å²) in [7, 11) is 0. The third kappa shape index (κ3) is 1.97. The lowest BCUT2D eigenvalue weighted by Crippen LogP contribution is -2.10. The fraction of sp³-hybridized carbons (Fsp3) is 0.0769. The summed E-state index contributed by atoms with van der Waals surface area (Å²) in [5, 5.41) is 1.16. The van der Waals surface area contributed by atoms with Crippen molar-refractivity contribution in [1.29, 1.82) is 0 Å². The number of hydrogen-bond donors (Lipinski definition) is 0. The summed E-state index contributed by atoms with van der Waals surface area (Å²) in [4.78, 5) is 13.6. The molecule has 2 heterocycles. The molecule has 0 spiro atoms. The lowest BCUT2D eigenvalue weighted by Gasteiger charge is -2.07. The van der Waals surface area contributed by atoms with Crippen LogP contribution in [0.1, 0.15) is 5.69 Å². The minimum atomic E-state index is 0.432. The largest absolute Gasteiger partial charge is 0.407 e. The zero-order valence-electron chi connectivity index (χ0n) is 9.15. The van der Waals surface area contributed by atoms with Crippen LogP contribution in [-0.2, 0) is 6.61 Å². The van der Waals surface area contributed by atoms with Gasteiger partial charge in [0.1, 0.15) is 6.33 Å². The first-order valence-electron chi connectivity index (χ1n) is 5.38. The van der Waals surface area contributed by atoms with Crippen molar-refractivity contribution in [2.75, 3.05) is 0 Å². The Kier molecular flexibility index (Phi) is 2.46. The highest BCUT2D eigenvalue weighted by molar-refractivity contribution is 5.79. The Morgan fingerprint density at radius 1 is 1.12 bits per heavy atom. The summed E-state index contributed by atoms with van der Waals surface area (Å²) in [5.41, 5.74) is 1.92. The fourth-order valence-electron chi connectivity index (χ4n) is 1.71. The van der Waals surface area contributed by atoms with Gasteiger partial charge in [0.25, 0.3) is 0 Å². The molecule has 3 rings (SSSR count). The maximum absolute atomic E-state index is 5.67. The predicted octanol–water partition coefficient (Wildman–Crippen LogP) is 2.06. The van der Waals surface area contributed by atoms with Crippen LogP contribution in [0, 0.1) is 0 Å². The lowest BCUT2D eigenvalue weighted by molar-refractivity contribution is 0.105. The Labute approximate surface area is 98.5 Å². The summed E-state index contributed by atoms with van der Waals surface area (Å²) >= 11 is 0. The highest BCUT2D eigenvalue weighted by atomic mass is 16.7. The van der Waals surface area contributed by atoms with Gasteiger partial charge in [0, 0.05) is 17.8 Å². The molecule has 2 aromatic heterocycles. The van der Waals surface area contributed by atoms with E-state index < -0.39 is 0 Å². The van der Waals surface area contributed by atoms with E-state index in [9.17, 15) is 0 Å². The number of hydrogen-bond acceptors (Lipinski definition) is 3. The van der Waals surface area contributed by atoms with Gasteiger partial charge in [-0.1, -0.05) is 18.2 Å². The van der Waals surface area contributed by atoms with Gasteiger partial charge in [0.15, 0.2) is 6.61 Å². The number of benzene rings is 1.